The number of halogens is 1. The van der Waals surface area contributed by atoms with E-state index in [1.165, 1.54) is 6.20 Å². The molecule has 1 N–H and O–H groups in total. The van der Waals surface area contributed by atoms with Crippen molar-refractivity contribution in [2.24, 2.45) is 0 Å². The lowest BCUT2D eigenvalue weighted by Crippen LogP contribution is -2.32. The Balaban J connectivity index is 2.26. The zero-order valence-electron chi connectivity index (χ0n) is 11.7. The predicted octanol–water partition coefficient (Wildman–Crippen LogP) is 2.93. The number of nitrogens with zero attached hydrogens (tertiary/aromatic N) is 2. The van der Waals surface area contributed by atoms with Gasteiger partial charge in [0.2, 0.25) is 0 Å². The smallest absolute Gasteiger partial charge is 0.254 e. The molecule has 1 aromatic heterocycles. The molecular weight excluding hydrogens is 288 g/mol. The van der Waals surface area contributed by atoms with Gasteiger partial charge >= 0.3 is 0 Å². The molecule has 2 rings (SSSR count). The van der Waals surface area contributed by atoms with E-state index < -0.39 is 0 Å². The van der Waals surface area contributed by atoms with E-state index in [-0.39, 0.29) is 23.7 Å². The Morgan fingerprint density at radius 3 is 2.67 bits per heavy atom. The van der Waals surface area contributed by atoms with Crippen LogP contribution >= 0.6 is 11.6 Å². The molecule has 1 aromatic carbocycles. The Morgan fingerprint density at radius 1 is 1.33 bits per heavy atom. The van der Waals surface area contributed by atoms with E-state index in [0.717, 1.165) is 5.56 Å². The monoisotopic (exact) mass is 304 g/mol. The van der Waals surface area contributed by atoms with Gasteiger partial charge in [-0.05, 0) is 24.1 Å². The zero-order valence-corrected chi connectivity index (χ0v) is 12.5. The van der Waals surface area contributed by atoms with Crippen molar-refractivity contribution in [3.8, 4) is 0 Å². The molecule has 0 saturated heterocycles. The molecule has 0 spiro atoms. The van der Waals surface area contributed by atoms with Gasteiger partial charge in [-0.3, -0.25) is 4.79 Å². The lowest BCUT2D eigenvalue weighted by Gasteiger charge is -2.28. The minimum atomic E-state index is -0.185. The van der Waals surface area contributed by atoms with Crippen molar-refractivity contribution in [3.05, 3.63) is 64.9 Å². The number of aliphatic hydroxyl groups is 1. The van der Waals surface area contributed by atoms with E-state index >= 15 is 0 Å². The van der Waals surface area contributed by atoms with Gasteiger partial charge in [-0.1, -0.05) is 41.9 Å². The fraction of sp³-hybridized carbons (Fsp3) is 0.250. The van der Waals surface area contributed by atoms with Crippen LogP contribution < -0.4 is 0 Å². The summed E-state index contributed by atoms with van der Waals surface area (Å²) in [7, 11) is 1.73. The fourth-order valence-electron chi connectivity index (χ4n) is 2.26. The van der Waals surface area contributed by atoms with Crippen LogP contribution in [0.3, 0.4) is 0 Å². The third-order valence-corrected chi connectivity index (χ3v) is 3.55. The van der Waals surface area contributed by atoms with Crippen LogP contribution in [0.2, 0.25) is 5.15 Å². The van der Waals surface area contributed by atoms with Crippen LogP contribution in [0.15, 0.2) is 48.7 Å². The zero-order chi connectivity index (χ0) is 15.2. The summed E-state index contributed by atoms with van der Waals surface area (Å²) in [6, 6.07) is 12.6. The summed E-state index contributed by atoms with van der Waals surface area (Å²) < 4.78 is 0. The van der Waals surface area contributed by atoms with Crippen LogP contribution in [-0.2, 0) is 0 Å². The first-order chi connectivity index (χ1) is 10.1. The molecule has 1 amide bonds. The molecule has 21 heavy (non-hydrogen) atoms. The van der Waals surface area contributed by atoms with Crippen LogP contribution in [0.25, 0.3) is 0 Å². The fourth-order valence-corrected chi connectivity index (χ4v) is 2.44. The minimum absolute atomic E-state index is 0.00822. The number of aliphatic hydroxyl groups excluding tert-OH is 1. The normalized spacial score (nSPS) is 12.0. The molecule has 1 heterocycles. The van der Waals surface area contributed by atoms with Crippen LogP contribution in [0.4, 0.5) is 0 Å². The van der Waals surface area contributed by atoms with Gasteiger partial charge in [0.25, 0.3) is 5.91 Å². The first kappa shape index (κ1) is 15.5. The third kappa shape index (κ3) is 3.80. The molecule has 0 bridgehead atoms. The van der Waals surface area contributed by atoms with E-state index in [4.69, 9.17) is 11.6 Å². The first-order valence-corrected chi connectivity index (χ1v) is 7.06. The van der Waals surface area contributed by atoms with Crippen LogP contribution in [0, 0.1) is 0 Å². The maximum atomic E-state index is 12.5. The lowest BCUT2D eigenvalue weighted by atomic mass is 10.0. The summed E-state index contributed by atoms with van der Waals surface area (Å²) in [5.74, 6) is -0.151. The second-order valence-corrected chi connectivity index (χ2v) is 5.11. The van der Waals surface area contributed by atoms with Crippen LogP contribution in [-0.4, -0.2) is 34.6 Å². The largest absolute Gasteiger partial charge is 0.396 e. The number of hydrogen-bond acceptors (Lipinski definition) is 3. The highest BCUT2D eigenvalue weighted by Crippen LogP contribution is 2.24. The highest BCUT2D eigenvalue weighted by molar-refractivity contribution is 6.29. The molecule has 0 fully saturated rings. The van der Waals surface area contributed by atoms with Crippen LogP contribution in [0.5, 0.6) is 0 Å². The average molecular weight is 305 g/mol. The second kappa shape index (κ2) is 7.20. The summed E-state index contributed by atoms with van der Waals surface area (Å²) in [5, 5.41) is 9.56. The van der Waals surface area contributed by atoms with E-state index in [1.807, 2.05) is 30.3 Å². The topological polar surface area (TPSA) is 53.4 Å². The molecule has 0 saturated carbocycles. The molecule has 0 aliphatic rings. The number of amides is 1. The molecule has 1 atom stereocenters. The highest BCUT2D eigenvalue weighted by atomic mass is 35.5. The Hall–Kier alpha value is -1.91. The van der Waals surface area contributed by atoms with Crippen molar-refractivity contribution in [1.82, 2.24) is 9.88 Å². The third-order valence-electron chi connectivity index (χ3n) is 3.35. The van der Waals surface area contributed by atoms with E-state index in [2.05, 4.69) is 4.98 Å². The molecule has 0 aliphatic heterocycles. The lowest BCUT2D eigenvalue weighted by molar-refractivity contribution is 0.0705. The molecule has 0 aliphatic carbocycles. The molecule has 4 nitrogen and oxygen atoms in total. The number of aromatic nitrogens is 1. The van der Waals surface area contributed by atoms with E-state index in [1.54, 1.807) is 24.1 Å². The average Bonchev–Trinajstić information content (AvgIpc) is 2.52. The summed E-state index contributed by atoms with van der Waals surface area (Å²) in [6.45, 7) is 0.00822. The van der Waals surface area contributed by atoms with Crippen molar-refractivity contribution in [2.75, 3.05) is 13.7 Å². The van der Waals surface area contributed by atoms with E-state index in [9.17, 15) is 9.90 Å². The van der Waals surface area contributed by atoms with Gasteiger partial charge in [0, 0.05) is 25.4 Å². The first-order valence-electron chi connectivity index (χ1n) is 6.68. The number of pyridine rings is 1. The molecule has 110 valence electrons. The van der Waals surface area contributed by atoms with Gasteiger partial charge in [-0.25, -0.2) is 4.98 Å². The molecule has 0 radical (unpaired) electrons. The predicted molar refractivity (Wildman–Crippen MR) is 82.2 cm³/mol. The SMILES string of the molecule is CN(C(=O)c1ccnc(Cl)c1)C(CCO)c1ccccc1. The Kier molecular flexibility index (Phi) is 5.31. The second-order valence-electron chi connectivity index (χ2n) is 4.72. The van der Waals surface area contributed by atoms with Gasteiger partial charge in [0.1, 0.15) is 5.15 Å². The number of rotatable bonds is 5. The maximum absolute atomic E-state index is 12.5. The van der Waals surface area contributed by atoms with Crippen molar-refractivity contribution < 1.29 is 9.90 Å². The Bertz CT molecular complexity index is 604. The Labute approximate surface area is 129 Å². The quantitative estimate of drug-likeness (QED) is 0.864. The maximum Gasteiger partial charge on any atom is 0.254 e. The summed E-state index contributed by atoms with van der Waals surface area (Å²) in [6.07, 6.45) is 1.98. The van der Waals surface area contributed by atoms with Crippen molar-refractivity contribution in [2.45, 2.75) is 12.5 Å². The Morgan fingerprint density at radius 2 is 2.05 bits per heavy atom. The minimum Gasteiger partial charge on any atom is -0.396 e. The number of carbonyl (C=O) groups is 1. The summed E-state index contributed by atoms with van der Waals surface area (Å²) >= 11 is 5.83. The molecular formula is C16H17ClN2O2. The van der Waals surface area contributed by atoms with Gasteiger partial charge < -0.3 is 10.0 Å². The highest BCUT2D eigenvalue weighted by Gasteiger charge is 2.22. The van der Waals surface area contributed by atoms with Crippen molar-refractivity contribution in [1.29, 1.82) is 0 Å². The molecule has 1 unspecified atom stereocenters. The standard InChI is InChI=1S/C16H17ClN2O2/c1-19(16(21)13-7-9-18-15(17)11-13)14(8-10-20)12-5-3-2-4-6-12/h2-7,9,11,14,20H,8,10H2,1H3. The molecule has 5 heteroatoms. The summed E-state index contributed by atoms with van der Waals surface area (Å²) in [4.78, 5) is 18.0. The number of hydrogen-bond donors (Lipinski definition) is 1. The van der Waals surface area contributed by atoms with Crippen LogP contribution in [0.1, 0.15) is 28.4 Å². The summed E-state index contributed by atoms with van der Waals surface area (Å²) in [5.41, 5.74) is 1.47. The number of carbonyl (C=O) groups excluding carboxylic acids is 1. The van der Waals surface area contributed by atoms with E-state index in [0.29, 0.717) is 12.0 Å². The van der Waals surface area contributed by atoms with Gasteiger partial charge in [-0.15, -0.1) is 0 Å². The van der Waals surface area contributed by atoms with Crippen molar-refractivity contribution in [3.63, 3.8) is 0 Å². The van der Waals surface area contributed by atoms with Gasteiger partial charge in [-0.2, -0.15) is 0 Å². The van der Waals surface area contributed by atoms with Gasteiger partial charge in [0.15, 0.2) is 0 Å². The molecule has 2 aromatic rings. The number of benzene rings is 1. The van der Waals surface area contributed by atoms with Crippen molar-refractivity contribution >= 4 is 17.5 Å². The van der Waals surface area contributed by atoms with Gasteiger partial charge in [0.05, 0.1) is 6.04 Å².